The fourth-order valence-electron chi connectivity index (χ4n) is 2.67. The van der Waals surface area contributed by atoms with Gasteiger partial charge in [-0.05, 0) is 38.0 Å². The van der Waals surface area contributed by atoms with Crippen LogP contribution in [0.5, 0.6) is 0 Å². The first-order chi connectivity index (χ1) is 11.9. The number of carbonyl (C=O) groups excluding carboxylic acids is 1. The van der Waals surface area contributed by atoms with E-state index < -0.39 is 9.84 Å². The molecule has 1 unspecified atom stereocenters. The number of nitrogens with one attached hydrogen (secondary N) is 3. The van der Waals surface area contributed by atoms with Crippen LogP contribution in [0, 0.1) is 0 Å². The number of halogens is 1. The maximum Gasteiger partial charge on any atom is 0.251 e. The minimum absolute atomic E-state index is 0. The van der Waals surface area contributed by atoms with E-state index in [1.807, 2.05) is 32.0 Å². The van der Waals surface area contributed by atoms with E-state index in [2.05, 4.69) is 20.9 Å². The Kier molecular flexibility index (Phi) is 9.34. The van der Waals surface area contributed by atoms with Crippen LogP contribution in [0.1, 0.15) is 36.2 Å². The molecule has 1 atom stereocenters. The lowest BCUT2D eigenvalue weighted by molar-refractivity contribution is 0.0955. The van der Waals surface area contributed by atoms with Crippen molar-refractivity contribution < 1.29 is 13.2 Å². The molecule has 1 aromatic carbocycles. The van der Waals surface area contributed by atoms with Crippen molar-refractivity contribution in [3.63, 3.8) is 0 Å². The zero-order valence-corrected chi connectivity index (χ0v) is 18.3. The van der Waals surface area contributed by atoms with Gasteiger partial charge in [-0.2, -0.15) is 0 Å². The number of benzene rings is 1. The lowest BCUT2D eigenvalue weighted by Gasteiger charge is -2.15. The molecule has 3 N–H and O–H groups in total. The summed E-state index contributed by atoms with van der Waals surface area (Å²) < 4.78 is 23.2. The van der Waals surface area contributed by atoms with Gasteiger partial charge in [-0.15, -0.1) is 24.0 Å². The molecule has 1 saturated heterocycles. The summed E-state index contributed by atoms with van der Waals surface area (Å²) in [6, 6.07) is 7.22. The Morgan fingerprint density at radius 2 is 1.96 bits per heavy atom. The van der Waals surface area contributed by atoms with E-state index in [1.165, 1.54) is 0 Å². The monoisotopic (exact) mass is 494 g/mol. The van der Waals surface area contributed by atoms with E-state index in [9.17, 15) is 13.2 Å². The molecular formula is C17H27IN4O3S. The number of amides is 1. The van der Waals surface area contributed by atoms with Crippen LogP contribution in [-0.2, 0) is 16.4 Å². The number of hydrogen-bond donors (Lipinski definition) is 3. The zero-order chi connectivity index (χ0) is 18.3. The third-order valence-corrected chi connectivity index (χ3v) is 5.63. The summed E-state index contributed by atoms with van der Waals surface area (Å²) in [6.45, 7) is 5.51. The number of aliphatic imine (C=N–C) groups is 1. The molecule has 0 radical (unpaired) electrons. The Hall–Kier alpha value is -1.36. The molecule has 2 rings (SSSR count). The van der Waals surface area contributed by atoms with Crippen molar-refractivity contribution in [3.05, 3.63) is 35.4 Å². The second kappa shape index (κ2) is 10.7. The average Bonchev–Trinajstić information content (AvgIpc) is 2.92. The quantitative estimate of drug-likeness (QED) is 0.315. The third kappa shape index (κ3) is 7.10. The van der Waals surface area contributed by atoms with Gasteiger partial charge in [0.1, 0.15) is 0 Å². The standard InChI is InChI=1S/C17H26N4O3S.HI/c1-3-18-16(22)14-7-5-6-13(10-14)11-20-17(19-4-2)21-15-8-9-25(23,24)12-15;/h5-7,10,15H,3-4,8-9,11-12H2,1-2H3,(H,18,22)(H2,19,20,21);1H. The third-order valence-electron chi connectivity index (χ3n) is 3.86. The van der Waals surface area contributed by atoms with Crippen LogP contribution in [0.2, 0.25) is 0 Å². The highest BCUT2D eigenvalue weighted by Crippen LogP contribution is 2.11. The van der Waals surface area contributed by atoms with Gasteiger partial charge in [0.15, 0.2) is 15.8 Å². The first-order valence-electron chi connectivity index (χ1n) is 8.56. The van der Waals surface area contributed by atoms with Crippen molar-refractivity contribution >= 4 is 45.7 Å². The molecule has 1 aromatic rings. The molecule has 0 saturated carbocycles. The number of nitrogens with zero attached hydrogens (tertiary/aromatic N) is 1. The summed E-state index contributed by atoms with van der Waals surface area (Å²) in [5.74, 6) is 0.852. The van der Waals surface area contributed by atoms with Crippen LogP contribution in [0.3, 0.4) is 0 Å². The first-order valence-corrected chi connectivity index (χ1v) is 10.4. The van der Waals surface area contributed by atoms with E-state index in [1.54, 1.807) is 6.07 Å². The molecule has 1 aliphatic heterocycles. The van der Waals surface area contributed by atoms with Gasteiger partial charge < -0.3 is 16.0 Å². The van der Waals surface area contributed by atoms with Crippen LogP contribution in [0.15, 0.2) is 29.3 Å². The summed E-state index contributed by atoms with van der Waals surface area (Å²) in [6.07, 6.45) is 0.597. The van der Waals surface area contributed by atoms with E-state index in [0.29, 0.717) is 37.6 Å². The lowest BCUT2D eigenvalue weighted by atomic mass is 10.1. The van der Waals surface area contributed by atoms with Gasteiger partial charge in [0, 0.05) is 24.7 Å². The Morgan fingerprint density at radius 3 is 2.58 bits per heavy atom. The van der Waals surface area contributed by atoms with Crippen molar-refractivity contribution in [1.29, 1.82) is 0 Å². The van der Waals surface area contributed by atoms with E-state index in [-0.39, 0.29) is 47.4 Å². The molecule has 26 heavy (non-hydrogen) atoms. The van der Waals surface area contributed by atoms with Crippen molar-refractivity contribution in [2.24, 2.45) is 4.99 Å². The molecule has 1 aliphatic rings. The zero-order valence-electron chi connectivity index (χ0n) is 15.1. The smallest absolute Gasteiger partial charge is 0.251 e. The summed E-state index contributed by atoms with van der Waals surface area (Å²) in [7, 11) is -2.93. The number of sulfone groups is 1. The van der Waals surface area contributed by atoms with Crippen molar-refractivity contribution in [2.45, 2.75) is 32.9 Å². The second-order valence-corrected chi connectivity index (χ2v) is 8.23. The van der Waals surface area contributed by atoms with Gasteiger partial charge in [-0.25, -0.2) is 13.4 Å². The van der Waals surface area contributed by atoms with Crippen LogP contribution in [0.25, 0.3) is 0 Å². The molecule has 1 fully saturated rings. The Morgan fingerprint density at radius 1 is 1.23 bits per heavy atom. The van der Waals surface area contributed by atoms with Gasteiger partial charge in [0.05, 0.1) is 18.1 Å². The summed E-state index contributed by atoms with van der Waals surface area (Å²) in [4.78, 5) is 16.4. The lowest BCUT2D eigenvalue weighted by Crippen LogP contribution is -2.44. The van der Waals surface area contributed by atoms with Crippen molar-refractivity contribution in [1.82, 2.24) is 16.0 Å². The Balaban J connectivity index is 0.00000338. The van der Waals surface area contributed by atoms with Gasteiger partial charge in [-0.1, -0.05) is 12.1 Å². The van der Waals surface area contributed by atoms with Gasteiger partial charge >= 0.3 is 0 Å². The molecule has 0 spiro atoms. The fourth-order valence-corrected chi connectivity index (χ4v) is 4.34. The van der Waals surface area contributed by atoms with Gasteiger partial charge in [0.2, 0.25) is 0 Å². The number of hydrogen-bond acceptors (Lipinski definition) is 4. The van der Waals surface area contributed by atoms with Crippen LogP contribution in [0.4, 0.5) is 0 Å². The highest BCUT2D eigenvalue weighted by molar-refractivity contribution is 14.0. The van der Waals surface area contributed by atoms with Gasteiger partial charge in [-0.3, -0.25) is 4.79 Å². The maximum absolute atomic E-state index is 11.9. The van der Waals surface area contributed by atoms with E-state index >= 15 is 0 Å². The summed E-state index contributed by atoms with van der Waals surface area (Å²) in [5, 5.41) is 9.08. The molecule has 1 amide bonds. The predicted octanol–water partition coefficient (Wildman–Crippen LogP) is 1.30. The molecule has 0 aliphatic carbocycles. The Labute approximate surface area is 172 Å². The van der Waals surface area contributed by atoms with Crippen LogP contribution >= 0.6 is 24.0 Å². The topological polar surface area (TPSA) is 99.7 Å². The SMILES string of the molecule is CCNC(=O)c1cccc(CN=C(NCC)NC2CCS(=O)(=O)C2)c1.I. The summed E-state index contributed by atoms with van der Waals surface area (Å²) in [5.41, 5.74) is 1.52. The fraction of sp³-hybridized carbons (Fsp3) is 0.529. The van der Waals surface area contributed by atoms with Crippen LogP contribution in [-0.4, -0.2) is 50.9 Å². The highest BCUT2D eigenvalue weighted by atomic mass is 127. The molecule has 7 nitrogen and oxygen atoms in total. The first kappa shape index (κ1) is 22.7. The highest BCUT2D eigenvalue weighted by Gasteiger charge is 2.28. The second-order valence-electron chi connectivity index (χ2n) is 6.00. The molecule has 9 heteroatoms. The molecular weight excluding hydrogens is 467 g/mol. The maximum atomic E-state index is 11.9. The van der Waals surface area contributed by atoms with Gasteiger partial charge in [0.25, 0.3) is 5.91 Å². The van der Waals surface area contributed by atoms with Crippen molar-refractivity contribution in [3.8, 4) is 0 Å². The van der Waals surface area contributed by atoms with E-state index in [4.69, 9.17) is 0 Å². The minimum atomic E-state index is -2.93. The minimum Gasteiger partial charge on any atom is -0.357 e. The summed E-state index contributed by atoms with van der Waals surface area (Å²) >= 11 is 0. The Bertz CT molecular complexity index is 737. The molecule has 0 bridgehead atoms. The predicted molar refractivity (Wildman–Crippen MR) is 115 cm³/mol. The van der Waals surface area contributed by atoms with E-state index in [0.717, 1.165) is 5.56 Å². The molecule has 1 heterocycles. The number of carbonyl (C=O) groups is 1. The largest absolute Gasteiger partial charge is 0.357 e. The molecule has 146 valence electrons. The number of rotatable bonds is 6. The normalized spacial score (nSPS) is 18.7. The van der Waals surface area contributed by atoms with Crippen molar-refractivity contribution in [2.75, 3.05) is 24.6 Å². The number of guanidine groups is 1. The molecule has 0 aromatic heterocycles. The van der Waals surface area contributed by atoms with Crippen LogP contribution < -0.4 is 16.0 Å². The average molecular weight is 494 g/mol.